The molecule has 0 heterocycles. The molecule has 0 spiro atoms. The Hall–Kier alpha value is -0.760. The van der Waals surface area contributed by atoms with E-state index >= 15 is 0 Å². The molecule has 0 rings (SSSR count). The van der Waals surface area contributed by atoms with Crippen LogP contribution in [0.2, 0.25) is 0 Å². The summed E-state index contributed by atoms with van der Waals surface area (Å²) in [5.74, 6) is 0. The van der Waals surface area contributed by atoms with Crippen LogP contribution in [0.1, 0.15) is 20.3 Å². The molecule has 0 aromatic carbocycles. The van der Waals surface area contributed by atoms with Crippen LogP contribution in [-0.2, 0) is 0 Å². The van der Waals surface area contributed by atoms with Gasteiger partial charge in [0, 0.05) is 12.6 Å². The molecule has 0 radical (unpaired) electrons. The van der Waals surface area contributed by atoms with Crippen LogP contribution >= 0.6 is 0 Å². The predicted octanol–water partition coefficient (Wildman–Crippen LogP) is 1.40. The van der Waals surface area contributed by atoms with Gasteiger partial charge in [-0.15, -0.1) is 0 Å². The lowest BCUT2D eigenvalue weighted by Crippen LogP contribution is -2.27. The van der Waals surface area contributed by atoms with Gasteiger partial charge in [-0.1, -0.05) is 19.1 Å². The first-order valence-corrected chi connectivity index (χ1v) is 4.00. The van der Waals surface area contributed by atoms with E-state index in [1.54, 1.807) is 0 Å². The van der Waals surface area contributed by atoms with Crippen LogP contribution in [-0.4, -0.2) is 12.6 Å². The fourth-order valence-electron chi connectivity index (χ4n) is 0.549. The second kappa shape index (κ2) is 5.98. The van der Waals surface area contributed by atoms with Crippen LogP contribution in [0.5, 0.6) is 0 Å². The number of nitrogens with two attached hydrogens (primary N) is 1. The minimum atomic E-state index is 0.203. The average molecular weight is 154 g/mol. The van der Waals surface area contributed by atoms with Gasteiger partial charge >= 0.3 is 0 Å². The SMILES string of the molecule is C=C(/C=C\NCC(C)N)CC. The largest absolute Gasteiger partial charge is 0.389 e. The number of rotatable bonds is 5. The lowest BCUT2D eigenvalue weighted by molar-refractivity contribution is 0.687. The minimum Gasteiger partial charge on any atom is -0.389 e. The summed E-state index contributed by atoms with van der Waals surface area (Å²) in [6.45, 7) is 8.69. The fourth-order valence-corrected chi connectivity index (χ4v) is 0.549. The van der Waals surface area contributed by atoms with Gasteiger partial charge in [0.25, 0.3) is 0 Å². The van der Waals surface area contributed by atoms with Crippen molar-refractivity contribution in [2.45, 2.75) is 26.3 Å². The third kappa shape index (κ3) is 7.13. The lowest BCUT2D eigenvalue weighted by atomic mass is 10.2. The summed E-state index contributed by atoms with van der Waals surface area (Å²) in [5, 5.41) is 3.08. The first-order valence-electron chi connectivity index (χ1n) is 4.00. The smallest absolute Gasteiger partial charge is 0.0290 e. The Bertz CT molecular complexity index is 136. The predicted molar refractivity (Wildman–Crippen MR) is 50.2 cm³/mol. The molecule has 0 aromatic rings. The zero-order valence-corrected chi connectivity index (χ0v) is 7.43. The van der Waals surface area contributed by atoms with Crippen LogP contribution < -0.4 is 11.1 Å². The molecule has 0 fully saturated rings. The van der Waals surface area contributed by atoms with Gasteiger partial charge < -0.3 is 11.1 Å². The van der Waals surface area contributed by atoms with Gasteiger partial charge in [-0.2, -0.15) is 0 Å². The molecule has 2 nitrogen and oxygen atoms in total. The van der Waals surface area contributed by atoms with Gasteiger partial charge in [-0.25, -0.2) is 0 Å². The average Bonchev–Trinajstić information content (AvgIpc) is 1.97. The highest BCUT2D eigenvalue weighted by molar-refractivity contribution is 5.12. The third-order valence-corrected chi connectivity index (χ3v) is 1.33. The highest BCUT2D eigenvalue weighted by atomic mass is 14.9. The van der Waals surface area contributed by atoms with Gasteiger partial charge in [0.15, 0.2) is 0 Å². The maximum atomic E-state index is 5.52. The molecule has 0 bridgehead atoms. The van der Waals surface area contributed by atoms with E-state index in [2.05, 4.69) is 18.8 Å². The summed E-state index contributed by atoms with van der Waals surface area (Å²) < 4.78 is 0. The number of hydrogen-bond donors (Lipinski definition) is 2. The van der Waals surface area contributed by atoms with E-state index in [0.717, 1.165) is 18.5 Å². The monoisotopic (exact) mass is 154 g/mol. The second-order valence-corrected chi connectivity index (χ2v) is 2.73. The maximum Gasteiger partial charge on any atom is 0.0290 e. The van der Waals surface area contributed by atoms with Crippen molar-refractivity contribution in [1.82, 2.24) is 5.32 Å². The van der Waals surface area contributed by atoms with Crippen LogP contribution in [0.4, 0.5) is 0 Å². The Morgan fingerprint density at radius 1 is 1.73 bits per heavy atom. The Kier molecular flexibility index (Phi) is 5.57. The van der Waals surface area contributed by atoms with Crippen molar-refractivity contribution in [2.24, 2.45) is 5.73 Å². The quantitative estimate of drug-likeness (QED) is 0.587. The molecule has 0 aliphatic carbocycles. The van der Waals surface area contributed by atoms with Gasteiger partial charge in [-0.3, -0.25) is 0 Å². The molecule has 1 unspecified atom stereocenters. The third-order valence-electron chi connectivity index (χ3n) is 1.33. The first kappa shape index (κ1) is 10.2. The van der Waals surface area contributed by atoms with E-state index in [9.17, 15) is 0 Å². The first-order chi connectivity index (χ1) is 5.16. The number of allylic oxidation sites excluding steroid dienone is 2. The van der Waals surface area contributed by atoms with Crippen molar-refractivity contribution in [3.8, 4) is 0 Å². The van der Waals surface area contributed by atoms with Crippen LogP contribution in [0.25, 0.3) is 0 Å². The molecule has 11 heavy (non-hydrogen) atoms. The molecular weight excluding hydrogens is 136 g/mol. The van der Waals surface area contributed by atoms with Crippen molar-refractivity contribution >= 4 is 0 Å². The zero-order valence-electron chi connectivity index (χ0n) is 7.43. The summed E-state index contributed by atoms with van der Waals surface area (Å²) in [4.78, 5) is 0. The Labute approximate surface area is 69.2 Å². The fraction of sp³-hybridized carbons (Fsp3) is 0.556. The van der Waals surface area contributed by atoms with Crippen LogP contribution in [0, 0.1) is 0 Å². The summed E-state index contributed by atoms with van der Waals surface area (Å²) in [6.07, 6.45) is 4.87. The summed E-state index contributed by atoms with van der Waals surface area (Å²) in [7, 11) is 0. The Balaban J connectivity index is 3.37. The Morgan fingerprint density at radius 2 is 2.36 bits per heavy atom. The molecule has 0 aromatic heterocycles. The van der Waals surface area contributed by atoms with Crippen molar-refractivity contribution < 1.29 is 0 Å². The molecule has 64 valence electrons. The summed E-state index contributed by atoms with van der Waals surface area (Å²) in [6, 6.07) is 0.203. The van der Waals surface area contributed by atoms with E-state index < -0.39 is 0 Å². The molecule has 0 saturated heterocycles. The minimum absolute atomic E-state index is 0.203. The molecule has 2 heteroatoms. The van der Waals surface area contributed by atoms with Crippen LogP contribution in [0.3, 0.4) is 0 Å². The van der Waals surface area contributed by atoms with Crippen molar-refractivity contribution in [3.05, 3.63) is 24.4 Å². The van der Waals surface area contributed by atoms with Crippen molar-refractivity contribution in [1.29, 1.82) is 0 Å². The van der Waals surface area contributed by atoms with Gasteiger partial charge in [0.1, 0.15) is 0 Å². The normalized spacial score (nSPS) is 13.4. The standard InChI is InChI=1S/C9H18N2/c1-4-8(2)5-6-11-7-9(3)10/h5-6,9,11H,2,4,7,10H2,1,3H3/b6-5-. The molecule has 0 amide bonds. The van der Waals surface area contributed by atoms with Crippen molar-refractivity contribution in [2.75, 3.05) is 6.54 Å². The highest BCUT2D eigenvalue weighted by Gasteiger charge is 1.87. The van der Waals surface area contributed by atoms with E-state index in [0.29, 0.717) is 0 Å². The van der Waals surface area contributed by atoms with Gasteiger partial charge in [0.2, 0.25) is 0 Å². The number of nitrogens with one attached hydrogen (secondary N) is 1. The van der Waals surface area contributed by atoms with Crippen molar-refractivity contribution in [3.63, 3.8) is 0 Å². The van der Waals surface area contributed by atoms with E-state index in [1.165, 1.54) is 0 Å². The molecule has 1 atom stereocenters. The van der Waals surface area contributed by atoms with Gasteiger partial charge in [-0.05, 0) is 25.6 Å². The Morgan fingerprint density at radius 3 is 2.82 bits per heavy atom. The van der Waals surface area contributed by atoms with E-state index in [4.69, 9.17) is 5.73 Å². The molecule has 0 aliphatic rings. The van der Waals surface area contributed by atoms with E-state index in [1.807, 2.05) is 19.2 Å². The van der Waals surface area contributed by atoms with Crippen LogP contribution in [0.15, 0.2) is 24.4 Å². The number of hydrogen-bond acceptors (Lipinski definition) is 2. The van der Waals surface area contributed by atoms with E-state index in [-0.39, 0.29) is 6.04 Å². The summed E-state index contributed by atoms with van der Waals surface area (Å²) in [5.41, 5.74) is 6.65. The maximum absolute atomic E-state index is 5.52. The highest BCUT2D eigenvalue weighted by Crippen LogP contribution is 1.95. The summed E-state index contributed by atoms with van der Waals surface area (Å²) >= 11 is 0. The molecule has 0 aliphatic heterocycles. The topological polar surface area (TPSA) is 38.0 Å². The second-order valence-electron chi connectivity index (χ2n) is 2.73. The zero-order chi connectivity index (χ0) is 8.69. The molecule has 0 saturated carbocycles. The molecular formula is C9H18N2. The lowest BCUT2D eigenvalue weighted by Gasteiger charge is -2.03. The molecule has 3 N–H and O–H groups in total. The van der Waals surface area contributed by atoms with Gasteiger partial charge in [0.05, 0.1) is 0 Å².